The molecule has 2 fully saturated rings. The number of alkyl carbamates (subject to hydrolysis) is 1. The number of hydrogen-bond donors (Lipinski definition) is 3. The highest BCUT2D eigenvalue weighted by atomic mass is 32.2. The summed E-state index contributed by atoms with van der Waals surface area (Å²) < 4.78 is 44.4. The van der Waals surface area contributed by atoms with Gasteiger partial charge in [-0.2, -0.15) is 0 Å². The van der Waals surface area contributed by atoms with E-state index >= 15 is 0 Å². The van der Waals surface area contributed by atoms with Crippen molar-refractivity contribution in [3.8, 4) is 22.8 Å². The third kappa shape index (κ3) is 9.38. The van der Waals surface area contributed by atoms with Crippen molar-refractivity contribution in [1.82, 2.24) is 25.2 Å². The van der Waals surface area contributed by atoms with Gasteiger partial charge in [-0.05, 0) is 51.7 Å². The van der Waals surface area contributed by atoms with E-state index in [1.54, 1.807) is 66.9 Å². The van der Waals surface area contributed by atoms with Crippen LogP contribution in [-0.2, 0) is 29.1 Å². The molecule has 1 saturated heterocycles. The third-order valence-electron chi connectivity index (χ3n) is 9.64. The van der Waals surface area contributed by atoms with Crippen molar-refractivity contribution < 1.29 is 41.8 Å². The van der Waals surface area contributed by atoms with Crippen LogP contribution in [0.5, 0.6) is 11.5 Å². The number of likely N-dealkylation sites (tertiary alicyclic amines) is 1. The number of methoxy groups -OCH3 is 1. The SMILES string of the molecule is C=CC1CC1(NC(=O)[C@@H]1C[C@@H](Oc2cc(-c3ccccc3)nc3cc(OC)ccc23)CN1C(=O)[C@@H](NC(=O)OC(C)(C)C)C(C)(C)C)C(=O)NS(=O)(=O)CC. The highest BCUT2D eigenvalue weighted by molar-refractivity contribution is 7.90. The first-order valence-corrected chi connectivity index (χ1v) is 19.9. The van der Waals surface area contributed by atoms with E-state index in [0.717, 1.165) is 5.56 Å². The van der Waals surface area contributed by atoms with Crippen LogP contribution in [0.2, 0.25) is 0 Å². The van der Waals surface area contributed by atoms with Crippen LogP contribution in [-0.4, -0.2) is 90.9 Å². The van der Waals surface area contributed by atoms with E-state index in [2.05, 4.69) is 21.9 Å². The fourth-order valence-corrected chi connectivity index (χ4v) is 7.20. The van der Waals surface area contributed by atoms with E-state index < -0.39 is 74.5 Å². The van der Waals surface area contributed by atoms with Gasteiger partial charge in [0, 0.05) is 35.4 Å². The van der Waals surface area contributed by atoms with Crippen LogP contribution in [0, 0.1) is 11.3 Å². The first kappa shape index (κ1) is 41.0. The summed E-state index contributed by atoms with van der Waals surface area (Å²) in [5.74, 6) is -1.98. The lowest BCUT2D eigenvalue weighted by Gasteiger charge is -2.36. The Balaban J connectivity index is 1.52. The van der Waals surface area contributed by atoms with Crippen molar-refractivity contribution in [2.45, 2.75) is 90.6 Å². The van der Waals surface area contributed by atoms with Gasteiger partial charge in [0.15, 0.2) is 0 Å². The average Bonchev–Trinajstić information content (AvgIpc) is 3.67. The van der Waals surface area contributed by atoms with Gasteiger partial charge in [0.05, 0.1) is 30.6 Å². The topological polar surface area (TPSA) is 182 Å². The number of fused-ring (bicyclic) bond motifs is 1. The molecule has 0 radical (unpaired) electrons. The molecule has 2 aliphatic rings. The molecule has 3 aromatic rings. The average molecular weight is 778 g/mol. The summed E-state index contributed by atoms with van der Waals surface area (Å²) >= 11 is 0. The second-order valence-corrected chi connectivity index (χ2v) is 18.0. The van der Waals surface area contributed by atoms with E-state index in [4.69, 9.17) is 19.2 Å². The summed E-state index contributed by atoms with van der Waals surface area (Å²) in [5, 5.41) is 6.16. The minimum atomic E-state index is -3.95. The Morgan fingerprint density at radius 2 is 1.75 bits per heavy atom. The van der Waals surface area contributed by atoms with E-state index in [0.29, 0.717) is 28.1 Å². The van der Waals surface area contributed by atoms with E-state index in [1.165, 1.54) is 17.9 Å². The van der Waals surface area contributed by atoms with Crippen LogP contribution in [0.15, 0.2) is 67.3 Å². The molecule has 1 aliphatic carbocycles. The molecule has 296 valence electrons. The van der Waals surface area contributed by atoms with Gasteiger partial charge in [-0.3, -0.25) is 19.1 Å². The van der Waals surface area contributed by atoms with Crippen molar-refractivity contribution in [2.24, 2.45) is 11.3 Å². The molecule has 1 aliphatic heterocycles. The van der Waals surface area contributed by atoms with Crippen molar-refractivity contribution in [3.05, 3.63) is 67.3 Å². The first-order valence-electron chi connectivity index (χ1n) is 18.2. The van der Waals surface area contributed by atoms with Gasteiger partial charge < -0.3 is 29.7 Å². The molecule has 0 bridgehead atoms. The highest BCUT2D eigenvalue weighted by Crippen LogP contribution is 2.45. The standard InChI is InChI=1S/C40H51N5O9S/c1-10-25-22-40(25,36(48)44-55(50,51)11-2)43-34(46)31-20-27(23-45(31)35(47)33(38(3,4)5)42-37(49)54-39(6,7)8)53-32-21-29(24-15-13-12-14-16-24)41-30-19-26(52-9)17-18-28(30)32/h10,12-19,21,25,27,31,33H,1,11,20,22-23H2,2-9H3,(H,42,49)(H,43,46)(H,44,48)/t25?,27-,31+,33-,40?/m1/s1. The predicted molar refractivity (Wildman–Crippen MR) is 208 cm³/mol. The second-order valence-electron chi connectivity index (χ2n) is 16.0. The van der Waals surface area contributed by atoms with Crippen LogP contribution < -0.4 is 24.8 Å². The normalized spacial score (nSPS) is 21.6. The molecule has 15 heteroatoms. The molecule has 1 saturated carbocycles. The maximum atomic E-state index is 14.6. The third-order valence-corrected chi connectivity index (χ3v) is 10.9. The summed E-state index contributed by atoms with van der Waals surface area (Å²) in [6.07, 6.45) is 0.0627. The van der Waals surface area contributed by atoms with Gasteiger partial charge in [-0.15, -0.1) is 6.58 Å². The van der Waals surface area contributed by atoms with E-state index in [1.807, 2.05) is 36.4 Å². The molecule has 2 unspecified atom stereocenters. The van der Waals surface area contributed by atoms with Crippen LogP contribution in [0.3, 0.4) is 0 Å². The number of aromatic nitrogens is 1. The van der Waals surface area contributed by atoms with Gasteiger partial charge in [0.25, 0.3) is 5.91 Å². The lowest BCUT2D eigenvalue weighted by molar-refractivity contribution is -0.143. The Kier molecular flexibility index (Phi) is 11.6. The Morgan fingerprint density at radius 3 is 2.33 bits per heavy atom. The zero-order chi connectivity index (χ0) is 40.5. The van der Waals surface area contributed by atoms with Gasteiger partial charge in [0.1, 0.15) is 40.8 Å². The highest BCUT2D eigenvalue weighted by Gasteiger charge is 2.61. The lowest BCUT2D eigenvalue weighted by Crippen LogP contribution is -2.60. The number of amides is 4. The predicted octanol–water partition coefficient (Wildman–Crippen LogP) is 4.72. The minimum absolute atomic E-state index is 0.00519. The molecule has 14 nitrogen and oxygen atoms in total. The van der Waals surface area contributed by atoms with Crippen LogP contribution in [0.25, 0.3) is 22.2 Å². The van der Waals surface area contributed by atoms with Gasteiger partial charge >= 0.3 is 6.09 Å². The number of carbonyl (C=O) groups excluding carboxylic acids is 4. The zero-order valence-corrected chi connectivity index (χ0v) is 33.4. The lowest BCUT2D eigenvalue weighted by atomic mass is 9.85. The van der Waals surface area contributed by atoms with Crippen molar-refractivity contribution >= 4 is 44.7 Å². The molecule has 0 spiro atoms. The molecule has 1 aromatic heterocycles. The van der Waals surface area contributed by atoms with Gasteiger partial charge in [-0.25, -0.2) is 18.2 Å². The van der Waals surface area contributed by atoms with Crippen LogP contribution in [0.4, 0.5) is 4.79 Å². The molecule has 3 N–H and O–H groups in total. The number of nitrogens with one attached hydrogen (secondary N) is 3. The molecule has 5 rings (SSSR count). The molecule has 2 aromatic carbocycles. The number of sulfonamides is 1. The summed E-state index contributed by atoms with van der Waals surface area (Å²) in [6, 6.07) is 14.4. The molecular formula is C40H51N5O9S. The number of nitrogens with zero attached hydrogens (tertiary/aromatic N) is 2. The van der Waals surface area contributed by atoms with Crippen LogP contribution >= 0.6 is 0 Å². The number of benzene rings is 2. The molecule has 55 heavy (non-hydrogen) atoms. The summed E-state index contributed by atoms with van der Waals surface area (Å²) in [5.41, 5.74) is -1.19. The number of carbonyl (C=O) groups is 4. The van der Waals surface area contributed by atoms with Gasteiger partial charge in [0.2, 0.25) is 21.8 Å². The number of ether oxygens (including phenoxy) is 3. The van der Waals surface area contributed by atoms with Crippen molar-refractivity contribution in [3.63, 3.8) is 0 Å². The number of pyridine rings is 1. The van der Waals surface area contributed by atoms with Crippen molar-refractivity contribution in [2.75, 3.05) is 19.4 Å². The van der Waals surface area contributed by atoms with Gasteiger partial charge in [-0.1, -0.05) is 57.2 Å². The molecular weight excluding hydrogens is 727 g/mol. The Bertz CT molecular complexity index is 2080. The van der Waals surface area contributed by atoms with E-state index in [-0.39, 0.29) is 25.1 Å². The fourth-order valence-electron chi connectivity index (χ4n) is 6.59. The summed E-state index contributed by atoms with van der Waals surface area (Å²) in [6.45, 7) is 15.5. The van der Waals surface area contributed by atoms with E-state index in [9.17, 15) is 27.6 Å². The fraction of sp³-hybridized carbons (Fsp3) is 0.475. The zero-order valence-electron chi connectivity index (χ0n) is 32.6. The van der Waals surface area contributed by atoms with Crippen LogP contribution in [0.1, 0.15) is 61.3 Å². The number of hydrogen-bond acceptors (Lipinski definition) is 10. The Hall–Kier alpha value is -5.18. The summed E-state index contributed by atoms with van der Waals surface area (Å²) in [7, 11) is -2.39. The Labute approximate surface area is 322 Å². The second kappa shape index (κ2) is 15.5. The number of rotatable bonds is 12. The first-order chi connectivity index (χ1) is 25.7. The quantitative estimate of drug-likeness (QED) is 0.218. The molecule has 2 heterocycles. The molecule has 4 amide bonds. The minimum Gasteiger partial charge on any atom is -0.497 e. The monoisotopic (exact) mass is 777 g/mol. The maximum Gasteiger partial charge on any atom is 0.408 e. The Morgan fingerprint density at radius 1 is 1.05 bits per heavy atom. The largest absolute Gasteiger partial charge is 0.497 e. The summed E-state index contributed by atoms with van der Waals surface area (Å²) in [4.78, 5) is 61.6. The maximum absolute atomic E-state index is 14.6. The smallest absolute Gasteiger partial charge is 0.408 e. The van der Waals surface area contributed by atoms with Crippen molar-refractivity contribution in [1.29, 1.82) is 0 Å². The molecule has 5 atom stereocenters.